The van der Waals surface area contributed by atoms with Crippen LogP contribution in [-0.2, 0) is 4.79 Å². The molecule has 3 N–H and O–H groups in total. The second-order valence-corrected chi connectivity index (χ2v) is 7.86. The van der Waals surface area contributed by atoms with Crippen molar-refractivity contribution < 1.29 is 9.69 Å². The van der Waals surface area contributed by atoms with E-state index in [4.69, 9.17) is 28.9 Å². The van der Waals surface area contributed by atoms with Crippen molar-refractivity contribution in [2.75, 3.05) is 0 Å². The van der Waals surface area contributed by atoms with Crippen LogP contribution in [0.25, 0.3) is 6.08 Å². The van der Waals surface area contributed by atoms with E-state index in [0.717, 1.165) is 11.1 Å². The predicted octanol–water partition coefficient (Wildman–Crippen LogP) is 2.59. The summed E-state index contributed by atoms with van der Waals surface area (Å²) >= 11 is 12.5. The van der Waals surface area contributed by atoms with E-state index in [2.05, 4.69) is 12.1 Å². The molecule has 1 unspecified atom stereocenters. The summed E-state index contributed by atoms with van der Waals surface area (Å²) in [7, 11) is 0. The number of amides is 1. The van der Waals surface area contributed by atoms with E-state index in [1.165, 1.54) is 0 Å². The molecule has 0 bridgehead atoms. The molecule has 0 saturated carbocycles. The van der Waals surface area contributed by atoms with Crippen LogP contribution >= 0.6 is 23.2 Å². The van der Waals surface area contributed by atoms with Crippen LogP contribution in [0, 0.1) is 28.1 Å². The number of benzene rings is 2. The zero-order chi connectivity index (χ0) is 20.1. The molecule has 0 aromatic heterocycles. The van der Waals surface area contributed by atoms with E-state index in [1.807, 2.05) is 36.5 Å². The molecule has 4 atom stereocenters. The first kappa shape index (κ1) is 18.5. The zero-order valence-electron chi connectivity index (χ0n) is 14.6. The maximum absolute atomic E-state index is 12.5. The van der Waals surface area contributed by atoms with Gasteiger partial charge >= 0.3 is 0 Å². The lowest BCUT2D eigenvalue weighted by atomic mass is 9.68. The predicted molar refractivity (Wildman–Crippen MR) is 105 cm³/mol. The Kier molecular flexibility index (Phi) is 4.40. The molecule has 0 aliphatic carbocycles. The average molecular weight is 410 g/mol. The molecule has 4 rings (SSSR count). The highest BCUT2D eigenvalue weighted by molar-refractivity contribution is 6.35. The molecule has 5 nitrogen and oxygen atoms in total. The third-order valence-corrected chi connectivity index (χ3v) is 6.27. The molecule has 0 radical (unpaired) electrons. The van der Waals surface area contributed by atoms with Crippen molar-refractivity contribution in [1.29, 1.82) is 10.5 Å². The largest absolute Gasteiger partial charge is 0.364 e. The fraction of sp³-hybridized carbons (Fsp3) is 0.190. The number of quaternary nitrogens is 1. The molecule has 0 spiro atoms. The monoisotopic (exact) mass is 409 g/mol. The van der Waals surface area contributed by atoms with Gasteiger partial charge in [-0.1, -0.05) is 53.5 Å². The van der Waals surface area contributed by atoms with E-state index in [9.17, 15) is 15.3 Å². The van der Waals surface area contributed by atoms with Gasteiger partial charge < -0.3 is 5.73 Å². The molecule has 1 fully saturated rings. The van der Waals surface area contributed by atoms with E-state index < -0.39 is 29.3 Å². The molecule has 2 aromatic carbocycles. The van der Waals surface area contributed by atoms with Gasteiger partial charge in [0.15, 0.2) is 12.1 Å². The summed E-state index contributed by atoms with van der Waals surface area (Å²) in [6.07, 6.45) is 3.71. The summed E-state index contributed by atoms with van der Waals surface area (Å²) in [5.74, 6) is -1.40. The minimum Gasteiger partial charge on any atom is -0.364 e. The van der Waals surface area contributed by atoms with Crippen molar-refractivity contribution in [3.63, 3.8) is 0 Å². The number of nitriles is 2. The summed E-state index contributed by atoms with van der Waals surface area (Å²) in [5.41, 5.74) is 6.52. The molecule has 1 saturated heterocycles. The van der Waals surface area contributed by atoms with E-state index in [-0.39, 0.29) is 0 Å². The lowest BCUT2D eigenvalue weighted by molar-refractivity contribution is -0.885. The number of nitrogens with two attached hydrogens (primary N) is 1. The number of hydrogen-bond donors (Lipinski definition) is 2. The fourth-order valence-corrected chi connectivity index (χ4v) is 5.14. The molecule has 2 aliphatic rings. The zero-order valence-corrected chi connectivity index (χ0v) is 16.1. The Morgan fingerprint density at radius 3 is 2.46 bits per heavy atom. The highest BCUT2D eigenvalue weighted by atomic mass is 35.5. The number of nitrogens with one attached hydrogen (secondary N) is 1. The summed E-state index contributed by atoms with van der Waals surface area (Å²) in [4.78, 5) is 13.2. The molecule has 2 aromatic rings. The Labute approximate surface area is 172 Å². The Morgan fingerprint density at radius 1 is 1.11 bits per heavy atom. The van der Waals surface area contributed by atoms with Crippen LogP contribution in [-0.4, -0.2) is 11.9 Å². The van der Waals surface area contributed by atoms with Gasteiger partial charge in [0.2, 0.25) is 5.41 Å². The van der Waals surface area contributed by atoms with Crippen LogP contribution in [0.1, 0.15) is 28.7 Å². The molecule has 138 valence electrons. The molecule has 7 heteroatoms. The summed E-state index contributed by atoms with van der Waals surface area (Å²) < 4.78 is 0. The smallest absolute Gasteiger partial charge is 0.276 e. The Balaban J connectivity index is 2.03. The van der Waals surface area contributed by atoms with Crippen molar-refractivity contribution in [3.8, 4) is 12.1 Å². The number of nitrogens with zero attached hydrogens (tertiary/aromatic N) is 2. The molecule has 2 heterocycles. The second-order valence-electron chi connectivity index (χ2n) is 7.01. The highest BCUT2D eigenvalue weighted by Crippen LogP contribution is 2.52. The topological polar surface area (TPSA) is 95.1 Å². The van der Waals surface area contributed by atoms with Gasteiger partial charge in [-0.3, -0.25) is 9.69 Å². The van der Waals surface area contributed by atoms with Crippen LogP contribution in [0.4, 0.5) is 0 Å². The second kappa shape index (κ2) is 6.65. The Hall–Kier alpha value is -2.83. The molecular weight excluding hydrogens is 395 g/mol. The lowest BCUT2D eigenvalue weighted by Crippen LogP contribution is -3.12. The van der Waals surface area contributed by atoms with Crippen molar-refractivity contribution in [1.82, 2.24) is 0 Å². The first-order chi connectivity index (χ1) is 13.4. The third kappa shape index (κ3) is 2.45. The maximum Gasteiger partial charge on any atom is 0.276 e. The highest BCUT2D eigenvalue weighted by Gasteiger charge is 2.68. The van der Waals surface area contributed by atoms with Crippen LogP contribution in [0.5, 0.6) is 0 Å². The minimum absolute atomic E-state index is 0.301. The normalized spacial score (nSPS) is 26.6. The fourth-order valence-electron chi connectivity index (χ4n) is 4.61. The maximum atomic E-state index is 12.5. The van der Waals surface area contributed by atoms with Gasteiger partial charge in [0.25, 0.3) is 5.91 Å². The van der Waals surface area contributed by atoms with Gasteiger partial charge in [0, 0.05) is 15.6 Å². The molecular formula is C21H15Cl2N4O+. The van der Waals surface area contributed by atoms with Gasteiger partial charge in [-0.25, -0.2) is 0 Å². The van der Waals surface area contributed by atoms with E-state index >= 15 is 0 Å². The van der Waals surface area contributed by atoms with Crippen molar-refractivity contribution in [3.05, 3.63) is 75.4 Å². The number of carbonyl (C=O) groups excluding carboxylic acids is 1. The van der Waals surface area contributed by atoms with Gasteiger partial charge in [0.05, 0.1) is 24.3 Å². The third-order valence-electron chi connectivity index (χ3n) is 5.71. The average Bonchev–Trinajstić information content (AvgIpc) is 2.99. The standard InChI is InChI=1S/C21H14Cl2N4O/c22-13-5-6-15(16(23)9-13)17-18(20(26)28)27-8-7-12-3-1-2-4-14(12)19(27)21(17,10-24)11-25/h1-9,17-19H,(H2,26,28)/p+1/t17-,18+,19-/m0/s1. The first-order valence-electron chi connectivity index (χ1n) is 8.65. The summed E-state index contributed by atoms with van der Waals surface area (Å²) in [5, 5.41) is 21.2. The number of primary amides is 1. The minimum atomic E-state index is -1.53. The van der Waals surface area contributed by atoms with Gasteiger partial charge in [0.1, 0.15) is 0 Å². The van der Waals surface area contributed by atoms with Crippen molar-refractivity contribution in [2.45, 2.75) is 18.0 Å². The van der Waals surface area contributed by atoms with E-state index in [0.29, 0.717) is 20.5 Å². The number of carbonyl (C=O) groups is 1. The van der Waals surface area contributed by atoms with Gasteiger partial charge in [-0.15, -0.1) is 0 Å². The van der Waals surface area contributed by atoms with Crippen LogP contribution in [0.3, 0.4) is 0 Å². The van der Waals surface area contributed by atoms with Crippen LogP contribution in [0.15, 0.2) is 48.7 Å². The Bertz CT molecular complexity index is 1080. The van der Waals surface area contributed by atoms with Crippen molar-refractivity contribution >= 4 is 35.2 Å². The van der Waals surface area contributed by atoms with Crippen molar-refractivity contribution in [2.24, 2.45) is 11.1 Å². The Morgan fingerprint density at radius 2 is 1.82 bits per heavy atom. The van der Waals surface area contributed by atoms with E-state index in [1.54, 1.807) is 18.2 Å². The SMILES string of the molecule is N#CC1(C#N)[C@@H]2c3ccccc3C=C[NH+]2[C@@H](C(N)=O)[C@@H]1c1ccc(Cl)cc1Cl. The number of halogens is 2. The quantitative estimate of drug-likeness (QED) is 0.797. The lowest BCUT2D eigenvalue weighted by Gasteiger charge is -2.29. The first-order valence-corrected chi connectivity index (χ1v) is 9.40. The summed E-state index contributed by atoms with van der Waals surface area (Å²) in [6, 6.07) is 15.5. The molecule has 2 aliphatic heterocycles. The van der Waals surface area contributed by atoms with Crippen LogP contribution in [0.2, 0.25) is 10.0 Å². The molecule has 1 amide bonds. The number of fused-ring (bicyclic) bond motifs is 3. The summed E-state index contributed by atoms with van der Waals surface area (Å²) in [6.45, 7) is 0. The van der Waals surface area contributed by atoms with Gasteiger partial charge in [-0.05, 0) is 29.3 Å². The van der Waals surface area contributed by atoms with Crippen LogP contribution < -0.4 is 10.6 Å². The van der Waals surface area contributed by atoms with Gasteiger partial charge in [-0.2, -0.15) is 10.5 Å². The number of hydrogen-bond acceptors (Lipinski definition) is 3. The number of rotatable bonds is 2. The molecule has 28 heavy (non-hydrogen) atoms.